The maximum Gasteiger partial charge on any atom is 0.257 e. The molecule has 0 spiro atoms. The molecule has 2 N–H and O–H groups in total. The van der Waals surface area contributed by atoms with Gasteiger partial charge in [-0.3, -0.25) is 10.2 Å². The van der Waals surface area contributed by atoms with E-state index in [2.05, 4.69) is 10.9 Å². The minimum atomic E-state index is -0.130. The predicted octanol–water partition coefficient (Wildman–Crippen LogP) is -0.187. The lowest BCUT2D eigenvalue weighted by molar-refractivity contribution is -0.117. The van der Waals surface area contributed by atoms with Crippen LogP contribution >= 0.6 is 0 Å². The number of hydrogen-bond donors (Lipinski definition) is 2. The van der Waals surface area contributed by atoms with Crippen molar-refractivity contribution in [2.24, 2.45) is 0 Å². The third-order valence-electron chi connectivity index (χ3n) is 0.566. The summed E-state index contributed by atoms with van der Waals surface area (Å²) in [5.41, 5.74) is 4.87. The van der Waals surface area contributed by atoms with Gasteiger partial charge in [-0.15, -0.1) is 0 Å². The van der Waals surface area contributed by atoms with Crippen molar-refractivity contribution in [1.82, 2.24) is 10.9 Å². The van der Waals surface area contributed by atoms with Crippen molar-refractivity contribution in [1.29, 1.82) is 0 Å². The maximum absolute atomic E-state index is 10.4. The Morgan fingerprint density at radius 1 is 1.62 bits per heavy atom. The van der Waals surface area contributed by atoms with Gasteiger partial charge in [-0.2, -0.15) is 0 Å². The zero-order valence-corrected chi connectivity index (χ0v) is 5.06. The van der Waals surface area contributed by atoms with E-state index in [4.69, 9.17) is 0 Å². The second-order valence-electron chi connectivity index (χ2n) is 1.24. The molecule has 0 saturated heterocycles. The molecule has 46 valence electrons. The SMILES string of the molecule is C/C=C\C(=O)NNC. The highest BCUT2D eigenvalue weighted by Crippen LogP contribution is 1.66. The van der Waals surface area contributed by atoms with Crippen LogP contribution in [-0.2, 0) is 4.79 Å². The molecular weight excluding hydrogens is 104 g/mol. The first-order valence-corrected chi connectivity index (χ1v) is 2.40. The summed E-state index contributed by atoms with van der Waals surface area (Å²) in [5, 5.41) is 0. The Kier molecular flexibility index (Phi) is 3.88. The molecule has 0 rings (SSSR count). The lowest BCUT2D eigenvalue weighted by Gasteiger charge is -1.93. The molecule has 0 heterocycles. The Morgan fingerprint density at radius 2 is 2.25 bits per heavy atom. The van der Waals surface area contributed by atoms with Crippen LogP contribution in [0.5, 0.6) is 0 Å². The second-order valence-corrected chi connectivity index (χ2v) is 1.24. The molecule has 1 amide bonds. The molecule has 0 atom stereocenters. The summed E-state index contributed by atoms with van der Waals surface area (Å²) in [5.74, 6) is -0.130. The molecule has 0 bridgehead atoms. The van der Waals surface area contributed by atoms with Crippen LogP contribution in [0.15, 0.2) is 12.2 Å². The van der Waals surface area contributed by atoms with E-state index in [0.29, 0.717) is 0 Å². The van der Waals surface area contributed by atoms with Crippen LogP contribution in [0, 0.1) is 0 Å². The summed E-state index contributed by atoms with van der Waals surface area (Å²) >= 11 is 0. The highest BCUT2D eigenvalue weighted by atomic mass is 16.2. The monoisotopic (exact) mass is 114 g/mol. The van der Waals surface area contributed by atoms with Crippen molar-refractivity contribution in [3.05, 3.63) is 12.2 Å². The summed E-state index contributed by atoms with van der Waals surface area (Å²) < 4.78 is 0. The maximum atomic E-state index is 10.4. The summed E-state index contributed by atoms with van der Waals surface area (Å²) in [6.45, 7) is 1.79. The molecule has 0 aromatic carbocycles. The standard InChI is InChI=1S/C5H10N2O/c1-3-4-5(8)7-6-2/h3-4,6H,1-2H3,(H,7,8)/b4-3-. The van der Waals surface area contributed by atoms with Crippen LogP contribution in [0.3, 0.4) is 0 Å². The molecule has 0 unspecified atom stereocenters. The van der Waals surface area contributed by atoms with Crippen molar-refractivity contribution < 1.29 is 4.79 Å². The predicted molar refractivity (Wildman–Crippen MR) is 32.0 cm³/mol. The highest BCUT2D eigenvalue weighted by molar-refractivity contribution is 5.86. The summed E-state index contributed by atoms with van der Waals surface area (Å²) in [6.07, 6.45) is 3.11. The zero-order chi connectivity index (χ0) is 6.41. The number of hydrogen-bond acceptors (Lipinski definition) is 2. The van der Waals surface area contributed by atoms with E-state index in [-0.39, 0.29) is 5.91 Å². The zero-order valence-electron chi connectivity index (χ0n) is 5.06. The largest absolute Gasteiger partial charge is 0.288 e. The quantitative estimate of drug-likeness (QED) is 0.386. The molecule has 3 heteroatoms. The van der Waals surface area contributed by atoms with E-state index in [1.807, 2.05) is 0 Å². The number of carbonyl (C=O) groups excluding carboxylic acids is 1. The van der Waals surface area contributed by atoms with Gasteiger partial charge >= 0.3 is 0 Å². The Morgan fingerprint density at radius 3 is 2.62 bits per heavy atom. The minimum absolute atomic E-state index is 0.130. The summed E-state index contributed by atoms with van der Waals surface area (Å²) in [4.78, 5) is 10.4. The van der Waals surface area contributed by atoms with Crippen LogP contribution in [0.1, 0.15) is 6.92 Å². The number of amides is 1. The van der Waals surface area contributed by atoms with E-state index in [1.165, 1.54) is 6.08 Å². The fraction of sp³-hybridized carbons (Fsp3) is 0.400. The molecule has 8 heavy (non-hydrogen) atoms. The number of nitrogens with one attached hydrogen (secondary N) is 2. The Labute approximate surface area is 48.7 Å². The van der Waals surface area contributed by atoms with Crippen molar-refractivity contribution in [2.75, 3.05) is 7.05 Å². The highest BCUT2D eigenvalue weighted by Gasteiger charge is 1.85. The number of carbonyl (C=O) groups is 1. The van der Waals surface area contributed by atoms with E-state index in [9.17, 15) is 4.79 Å². The third kappa shape index (κ3) is 3.36. The number of allylic oxidation sites excluding steroid dienone is 1. The lowest BCUT2D eigenvalue weighted by atomic mass is 10.5. The normalized spacial score (nSPS) is 9.75. The smallest absolute Gasteiger partial charge is 0.257 e. The first-order chi connectivity index (χ1) is 3.81. The molecule has 0 fully saturated rings. The Bertz CT molecular complexity index is 98.6. The van der Waals surface area contributed by atoms with Crippen molar-refractivity contribution in [3.8, 4) is 0 Å². The Balaban J connectivity index is 3.33. The van der Waals surface area contributed by atoms with Gasteiger partial charge in [0.05, 0.1) is 0 Å². The molecule has 0 aliphatic rings. The fourth-order valence-corrected chi connectivity index (χ4v) is 0.316. The van der Waals surface area contributed by atoms with Crippen molar-refractivity contribution in [3.63, 3.8) is 0 Å². The van der Waals surface area contributed by atoms with Crippen LogP contribution < -0.4 is 10.9 Å². The molecule has 0 radical (unpaired) electrons. The molecule has 0 aromatic rings. The van der Waals surface area contributed by atoms with Gasteiger partial charge in [-0.25, -0.2) is 5.43 Å². The van der Waals surface area contributed by atoms with Gasteiger partial charge in [0.15, 0.2) is 0 Å². The number of hydrazine groups is 1. The van der Waals surface area contributed by atoms with Crippen molar-refractivity contribution in [2.45, 2.75) is 6.92 Å². The summed E-state index contributed by atoms with van der Waals surface area (Å²) in [7, 11) is 1.64. The topological polar surface area (TPSA) is 41.1 Å². The van der Waals surface area contributed by atoms with Crippen molar-refractivity contribution >= 4 is 5.91 Å². The van der Waals surface area contributed by atoms with E-state index in [0.717, 1.165) is 0 Å². The van der Waals surface area contributed by atoms with E-state index < -0.39 is 0 Å². The van der Waals surface area contributed by atoms with Gasteiger partial charge in [0.25, 0.3) is 5.91 Å². The van der Waals surface area contributed by atoms with E-state index in [1.54, 1.807) is 20.0 Å². The van der Waals surface area contributed by atoms with Gasteiger partial charge in [-0.05, 0) is 13.0 Å². The van der Waals surface area contributed by atoms with Gasteiger partial charge in [-0.1, -0.05) is 6.08 Å². The van der Waals surface area contributed by atoms with Crippen LogP contribution in [0.25, 0.3) is 0 Å². The third-order valence-corrected chi connectivity index (χ3v) is 0.566. The average molecular weight is 114 g/mol. The number of rotatable bonds is 2. The first-order valence-electron chi connectivity index (χ1n) is 2.40. The van der Waals surface area contributed by atoms with Crippen LogP contribution in [0.2, 0.25) is 0 Å². The minimum Gasteiger partial charge on any atom is -0.288 e. The summed E-state index contributed by atoms with van der Waals surface area (Å²) in [6, 6.07) is 0. The van der Waals surface area contributed by atoms with E-state index >= 15 is 0 Å². The molecule has 0 aliphatic carbocycles. The second kappa shape index (κ2) is 4.33. The van der Waals surface area contributed by atoms with Gasteiger partial charge in [0.2, 0.25) is 0 Å². The first kappa shape index (κ1) is 7.17. The van der Waals surface area contributed by atoms with Gasteiger partial charge in [0, 0.05) is 7.05 Å². The average Bonchev–Trinajstić information content (AvgIpc) is 1.68. The fourth-order valence-electron chi connectivity index (χ4n) is 0.316. The Hall–Kier alpha value is -0.830. The van der Waals surface area contributed by atoms with Gasteiger partial charge < -0.3 is 0 Å². The molecule has 0 aromatic heterocycles. The lowest BCUT2D eigenvalue weighted by Crippen LogP contribution is -2.32. The van der Waals surface area contributed by atoms with Crippen LogP contribution in [0.4, 0.5) is 0 Å². The molecular formula is C5H10N2O. The molecule has 0 aliphatic heterocycles. The van der Waals surface area contributed by atoms with Crippen LogP contribution in [-0.4, -0.2) is 13.0 Å². The molecule has 3 nitrogen and oxygen atoms in total. The van der Waals surface area contributed by atoms with Gasteiger partial charge in [0.1, 0.15) is 0 Å². The molecule has 0 saturated carbocycles.